The Bertz CT molecular complexity index is 676. The van der Waals surface area contributed by atoms with E-state index in [1.807, 2.05) is 0 Å². The number of nitrogens with one attached hydrogen (secondary N) is 1. The van der Waals surface area contributed by atoms with Crippen molar-refractivity contribution in [1.82, 2.24) is 25.1 Å². The number of aromatic nitrogens is 4. The highest BCUT2D eigenvalue weighted by Gasteiger charge is 2.33. The van der Waals surface area contributed by atoms with Gasteiger partial charge in [0.2, 0.25) is 5.91 Å². The zero-order chi connectivity index (χ0) is 16.9. The van der Waals surface area contributed by atoms with E-state index < -0.39 is 0 Å². The zero-order valence-corrected chi connectivity index (χ0v) is 13.8. The fraction of sp³-hybridized carbons (Fsp3) is 0.500. The summed E-state index contributed by atoms with van der Waals surface area (Å²) in [6, 6.07) is 3.58. The van der Waals surface area contributed by atoms with Gasteiger partial charge in [0.05, 0.1) is 25.3 Å². The number of amides is 1. The lowest BCUT2D eigenvalue weighted by Crippen LogP contribution is -2.37. The van der Waals surface area contributed by atoms with E-state index in [9.17, 15) is 4.79 Å². The van der Waals surface area contributed by atoms with Crippen LogP contribution in [0.1, 0.15) is 23.9 Å². The fourth-order valence-corrected chi connectivity index (χ4v) is 2.93. The van der Waals surface area contributed by atoms with Crippen LogP contribution in [0.5, 0.6) is 5.75 Å². The van der Waals surface area contributed by atoms with Crippen LogP contribution in [0, 0.1) is 0 Å². The largest absolute Gasteiger partial charge is 0.495 e. The van der Waals surface area contributed by atoms with Gasteiger partial charge in [-0.1, -0.05) is 0 Å². The van der Waals surface area contributed by atoms with E-state index in [1.165, 1.54) is 6.33 Å². The van der Waals surface area contributed by atoms with Gasteiger partial charge in [0.1, 0.15) is 17.9 Å². The van der Waals surface area contributed by atoms with E-state index in [4.69, 9.17) is 9.47 Å². The number of ether oxygens (including phenoxy) is 2. The quantitative estimate of drug-likeness (QED) is 0.841. The normalized spacial score (nSPS) is 20.1. The number of pyridine rings is 1. The molecule has 2 aromatic rings. The molecular formula is C16H21N5O3. The third-order valence-electron chi connectivity index (χ3n) is 4.26. The molecule has 1 amide bonds. The number of carbonyl (C=O) groups is 1. The standard InChI is InChI=1S/C16H21N5O3/c1-21(15(22)8-12-13(23-2)4-3-6-17-12)9-14-11(5-7-24-14)16-18-10-19-20-16/h3-4,6,10-11,14H,5,7-9H2,1-2H3,(H,18,19,20)/t11-,14-/m1/s1. The van der Waals surface area contributed by atoms with Crippen LogP contribution in [-0.4, -0.2) is 64.4 Å². The molecule has 0 radical (unpaired) electrons. The molecule has 8 nitrogen and oxygen atoms in total. The number of rotatable bonds is 6. The monoisotopic (exact) mass is 331 g/mol. The molecule has 128 valence electrons. The molecule has 0 aliphatic carbocycles. The van der Waals surface area contributed by atoms with E-state index in [0.717, 1.165) is 12.2 Å². The van der Waals surface area contributed by atoms with Crippen LogP contribution in [-0.2, 0) is 16.0 Å². The number of H-pyrrole nitrogens is 1. The molecule has 1 fully saturated rings. The molecule has 3 heterocycles. The molecule has 2 aromatic heterocycles. The Morgan fingerprint density at radius 1 is 1.50 bits per heavy atom. The first-order valence-corrected chi connectivity index (χ1v) is 7.87. The minimum Gasteiger partial charge on any atom is -0.495 e. The van der Waals surface area contributed by atoms with Crippen LogP contribution in [0.2, 0.25) is 0 Å². The average molecular weight is 331 g/mol. The van der Waals surface area contributed by atoms with Crippen LogP contribution < -0.4 is 4.74 Å². The molecule has 0 bridgehead atoms. The Morgan fingerprint density at radius 2 is 2.38 bits per heavy atom. The highest BCUT2D eigenvalue weighted by atomic mass is 16.5. The smallest absolute Gasteiger partial charge is 0.228 e. The number of hydrogen-bond acceptors (Lipinski definition) is 6. The molecule has 1 aliphatic heterocycles. The van der Waals surface area contributed by atoms with Crippen LogP contribution in [0.15, 0.2) is 24.7 Å². The number of methoxy groups -OCH3 is 1. The first-order chi connectivity index (χ1) is 11.7. The van der Waals surface area contributed by atoms with Crippen molar-refractivity contribution in [3.05, 3.63) is 36.2 Å². The van der Waals surface area contributed by atoms with E-state index in [1.54, 1.807) is 37.4 Å². The summed E-state index contributed by atoms with van der Waals surface area (Å²) in [5, 5.41) is 6.79. The summed E-state index contributed by atoms with van der Waals surface area (Å²) in [5.74, 6) is 1.53. The molecule has 1 N–H and O–H groups in total. The molecule has 2 atom stereocenters. The molecule has 24 heavy (non-hydrogen) atoms. The van der Waals surface area contributed by atoms with Gasteiger partial charge < -0.3 is 14.4 Å². The van der Waals surface area contributed by atoms with Gasteiger partial charge >= 0.3 is 0 Å². The molecule has 0 aromatic carbocycles. The maximum Gasteiger partial charge on any atom is 0.228 e. The van der Waals surface area contributed by atoms with E-state index in [0.29, 0.717) is 24.6 Å². The summed E-state index contributed by atoms with van der Waals surface area (Å²) in [6.07, 6.45) is 4.13. The lowest BCUT2D eigenvalue weighted by atomic mass is 10.0. The number of likely N-dealkylation sites (N-methyl/N-ethyl adjacent to an activating group) is 1. The van der Waals surface area contributed by atoms with Crippen LogP contribution in [0.25, 0.3) is 0 Å². The van der Waals surface area contributed by atoms with Crippen molar-refractivity contribution in [2.24, 2.45) is 0 Å². The van der Waals surface area contributed by atoms with Crippen molar-refractivity contribution in [3.63, 3.8) is 0 Å². The summed E-state index contributed by atoms with van der Waals surface area (Å²) >= 11 is 0. The van der Waals surface area contributed by atoms with Crippen LogP contribution in [0.3, 0.4) is 0 Å². The Balaban J connectivity index is 1.62. The van der Waals surface area contributed by atoms with Crippen molar-refractivity contribution in [2.45, 2.75) is 24.9 Å². The van der Waals surface area contributed by atoms with Crippen molar-refractivity contribution in [2.75, 3.05) is 27.3 Å². The number of carbonyl (C=O) groups excluding carboxylic acids is 1. The molecule has 3 rings (SSSR count). The van der Waals surface area contributed by atoms with Gasteiger partial charge in [0.15, 0.2) is 0 Å². The molecular weight excluding hydrogens is 310 g/mol. The highest BCUT2D eigenvalue weighted by molar-refractivity contribution is 5.78. The van der Waals surface area contributed by atoms with Gasteiger partial charge in [-0.25, -0.2) is 4.98 Å². The third kappa shape index (κ3) is 3.53. The van der Waals surface area contributed by atoms with Gasteiger partial charge in [0, 0.05) is 32.3 Å². The second kappa shape index (κ2) is 7.39. The number of hydrogen-bond donors (Lipinski definition) is 1. The summed E-state index contributed by atoms with van der Waals surface area (Å²) < 4.78 is 11.0. The second-order valence-electron chi connectivity index (χ2n) is 5.78. The minimum absolute atomic E-state index is 0.0289. The Morgan fingerprint density at radius 3 is 3.12 bits per heavy atom. The summed E-state index contributed by atoms with van der Waals surface area (Å²) in [5.41, 5.74) is 0.635. The molecule has 0 saturated carbocycles. The summed E-state index contributed by atoms with van der Waals surface area (Å²) in [4.78, 5) is 22.6. The SMILES string of the molecule is COc1cccnc1CC(=O)N(C)C[C@H]1OCC[C@H]1c1ncn[nH]1. The van der Waals surface area contributed by atoms with Crippen molar-refractivity contribution >= 4 is 5.91 Å². The predicted octanol–water partition coefficient (Wildman–Crippen LogP) is 0.782. The van der Waals surface area contributed by atoms with E-state index >= 15 is 0 Å². The molecule has 1 aliphatic rings. The first kappa shape index (κ1) is 16.4. The summed E-state index contributed by atoms with van der Waals surface area (Å²) in [7, 11) is 3.35. The molecule has 0 unspecified atom stereocenters. The maximum atomic E-state index is 12.5. The first-order valence-electron chi connectivity index (χ1n) is 7.87. The Labute approximate surface area is 140 Å². The van der Waals surface area contributed by atoms with Crippen LogP contribution in [0.4, 0.5) is 0 Å². The second-order valence-corrected chi connectivity index (χ2v) is 5.78. The van der Waals surface area contributed by atoms with Gasteiger partial charge in [-0.3, -0.25) is 14.9 Å². The average Bonchev–Trinajstić information content (AvgIpc) is 3.26. The fourth-order valence-electron chi connectivity index (χ4n) is 2.93. The summed E-state index contributed by atoms with van der Waals surface area (Å²) in [6.45, 7) is 1.16. The van der Waals surface area contributed by atoms with Gasteiger partial charge in [-0.2, -0.15) is 5.10 Å². The maximum absolute atomic E-state index is 12.5. The van der Waals surface area contributed by atoms with Crippen molar-refractivity contribution in [3.8, 4) is 5.75 Å². The molecule has 8 heteroatoms. The molecule has 1 saturated heterocycles. The predicted molar refractivity (Wildman–Crippen MR) is 85.6 cm³/mol. The van der Waals surface area contributed by atoms with Crippen LogP contribution >= 0.6 is 0 Å². The third-order valence-corrected chi connectivity index (χ3v) is 4.26. The lowest BCUT2D eigenvalue weighted by molar-refractivity contribution is -0.130. The Kier molecular flexibility index (Phi) is 5.05. The van der Waals surface area contributed by atoms with E-state index in [-0.39, 0.29) is 24.3 Å². The van der Waals surface area contributed by atoms with Crippen molar-refractivity contribution < 1.29 is 14.3 Å². The topological polar surface area (TPSA) is 93.2 Å². The Hall–Kier alpha value is -2.48. The van der Waals surface area contributed by atoms with Gasteiger partial charge in [-0.15, -0.1) is 0 Å². The lowest BCUT2D eigenvalue weighted by Gasteiger charge is -2.24. The molecule has 0 spiro atoms. The van der Waals surface area contributed by atoms with Gasteiger partial charge in [0.25, 0.3) is 0 Å². The highest BCUT2D eigenvalue weighted by Crippen LogP contribution is 2.29. The van der Waals surface area contributed by atoms with Crippen molar-refractivity contribution in [1.29, 1.82) is 0 Å². The minimum atomic E-state index is -0.0856. The van der Waals surface area contributed by atoms with E-state index in [2.05, 4.69) is 20.2 Å². The van der Waals surface area contributed by atoms with Gasteiger partial charge in [-0.05, 0) is 18.6 Å². The number of aromatic amines is 1. The zero-order valence-electron chi connectivity index (χ0n) is 13.8. The number of nitrogens with zero attached hydrogens (tertiary/aromatic N) is 4.